The minimum absolute atomic E-state index is 0.134. The fraction of sp³-hybridized carbons (Fsp3) is 0.111. The molecule has 0 saturated heterocycles. The lowest BCUT2D eigenvalue weighted by Gasteiger charge is -2.13. The monoisotopic (exact) mass is 337 g/mol. The molecule has 2 aromatic carbocycles. The van der Waals surface area contributed by atoms with E-state index in [4.69, 9.17) is 9.72 Å². The maximum atomic E-state index is 13.2. The number of hydrogen-bond donors (Lipinski definition) is 1. The molecule has 0 atom stereocenters. The summed E-state index contributed by atoms with van der Waals surface area (Å²) in [6.45, 7) is 0. The molecule has 0 fully saturated rings. The summed E-state index contributed by atoms with van der Waals surface area (Å²) in [6, 6.07) is 15.2. The Morgan fingerprint density at radius 2 is 1.88 bits per heavy atom. The van der Waals surface area contributed by atoms with Gasteiger partial charge in [0, 0.05) is 10.9 Å². The van der Waals surface area contributed by atoms with Gasteiger partial charge in [-0.2, -0.15) is 0 Å². The van der Waals surface area contributed by atoms with Gasteiger partial charge >= 0.3 is 0 Å². The number of nitrogens with one attached hydrogen (secondary N) is 1. The van der Waals surface area contributed by atoms with Crippen molar-refractivity contribution in [1.29, 1.82) is 0 Å². The quantitative estimate of drug-likeness (QED) is 0.458. The molecule has 2 heterocycles. The van der Waals surface area contributed by atoms with Crippen LogP contribution in [0.25, 0.3) is 27.6 Å². The SMILES string of the molecule is COc1ccccc1-n1c(SC)nc2c([nH]c3ccccc32)c1=O. The van der Waals surface area contributed by atoms with Crippen molar-refractivity contribution in [2.45, 2.75) is 5.16 Å². The van der Waals surface area contributed by atoms with Crippen molar-refractivity contribution in [3.63, 3.8) is 0 Å². The third-order valence-electron chi connectivity index (χ3n) is 4.00. The third kappa shape index (κ3) is 2.11. The Balaban J connectivity index is 2.14. The van der Waals surface area contributed by atoms with Crippen LogP contribution in [0.4, 0.5) is 0 Å². The van der Waals surface area contributed by atoms with E-state index >= 15 is 0 Å². The number of aromatic nitrogens is 3. The van der Waals surface area contributed by atoms with Gasteiger partial charge in [-0.05, 0) is 24.5 Å². The van der Waals surface area contributed by atoms with E-state index in [0.717, 1.165) is 10.9 Å². The molecule has 0 aliphatic heterocycles. The number of fused-ring (bicyclic) bond motifs is 3. The summed E-state index contributed by atoms with van der Waals surface area (Å²) in [7, 11) is 1.59. The highest BCUT2D eigenvalue weighted by molar-refractivity contribution is 7.98. The molecule has 0 aliphatic rings. The van der Waals surface area contributed by atoms with E-state index in [1.807, 2.05) is 54.8 Å². The summed E-state index contributed by atoms with van der Waals surface area (Å²) < 4.78 is 7.02. The van der Waals surface area contributed by atoms with Crippen LogP contribution in [-0.2, 0) is 0 Å². The van der Waals surface area contributed by atoms with Gasteiger partial charge in [0.25, 0.3) is 5.56 Å². The van der Waals surface area contributed by atoms with Gasteiger partial charge in [-0.3, -0.25) is 4.79 Å². The Labute approximate surface area is 142 Å². The van der Waals surface area contributed by atoms with Gasteiger partial charge in [0.05, 0.1) is 12.8 Å². The number of benzene rings is 2. The van der Waals surface area contributed by atoms with Gasteiger partial charge in [-0.25, -0.2) is 9.55 Å². The first-order chi connectivity index (χ1) is 11.7. The third-order valence-corrected chi connectivity index (χ3v) is 4.64. The number of para-hydroxylation sites is 3. The zero-order valence-corrected chi connectivity index (χ0v) is 14.1. The number of rotatable bonds is 3. The highest BCUT2D eigenvalue weighted by Crippen LogP contribution is 2.28. The molecule has 0 spiro atoms. The smallest absolute Gasteiger partial charge is 0.283 e. The average Bonchev–Trinajstić information content (AvgIpc) is 3.00. The molecule has 120 valence electrons. The molecule has 1 N–H and O–H groups in total. The standard InChI is InChI=1S/C18H15N3O2S/c1-23-14-10-6-5-9-13(14)21-17(22)16-15(20-18(21)24-2)11-7-3-4-8-12(11)19-16/h3-10,19H,1-2H3. The van der Waals surface area contributed by atoms with Crippen LogP contribution in [0, 0.1) is 0 Å². The summed E-state index contributed by atoms with van der Waals surface area (Å²) in [4.78, 5) is 21.1. The molecule has 6 heteroatoms. The average molecular weight is 337 g/mol. The lowest BCUT2D eigenvalue weighted by Crippen LogP contribution is -2.22. The number of H-pyrrole nitrogens is 1. The number of nitrogens with zero attached hydrogens (tertiary/aromatic N) is 2. The molecule has 5 nitrogen and oxygen atoms in total. The summed E-state index contributed by atoms with van der Waals surface area (Å²) >= 11 is 1.43. The zero-order valence-electron chi connectivity index (χ0n) is 13.2. The largest absolute Gasteiger partial charge is 0.495 e. The van der Waals surface area contributed by atoms with E-state index < -0.39 is 0 Å². The molecule has 2 aromatic heterocycles. The van der Waals surface area contributed by atoms with Crippen LogP contribution in [0.2, 0.25) is 0 Å². The molecule has 0 unspecified atom stereocenters. The fourth-order valence-corrected chi connectivity index (χ4v) is 3.45. The minimum Gasteiger partial charge on any atom is -0.495 e. The lowest BCUT2D eigenvalue weighted by atomic mass is 10.2. The molecular formula is C18H15N3O2S. The Morgan fingerprint density at radius 1 is 1.12 bits per heavy atom. The van der Waals surface area contributed by atoms with E-state index in [-0.39, 0.29) is 5.56 Å². The van der Waals surface area contributed by atoms with E-state index in [9.17, 15) is 4.79 Å². The molecular weight excluding hydrogens is 322 g/mol. The highest BCUT2D eigenvalue weighted by atomic mass is 32.2. The number of thioether (sulfide) groups is 1. The maximum absolute atomic E-state index is 13.2. The molecule has 0 radical (unpaired) electrons. The van der Waals surface area contributed by atoms with E-state index in [1.54, 1.807) is 11.7 Å². The van der Waals surface area contributed by atoms with Crippen LogP contribution in [0.3, 0.4) is 0 Å². The summed E-state index contributed by atoms with van der Waals surface area (Å²) in [6.07, 6.45) is 1.91. The minimum atomic E-state index is -0.134. The second kappa shape index (κ2) is 5.72. The van der Waals surface area contributed by atoms with Crippen molar-refractivity contribution >= 4 is 33.7 Å². The molecule has 0 saturated carbocycles. The van der Waals surface area contributed by atoms with Crippen LogP contribution in [-0.4, -0.2) is 27.9 Å². The predicted molar refractivity (Wildman–Crippen MR) is 97.5 cm³/mol. The fourth-order valence-electron chi connectivity index (χ4n) is 2.91. The molecule has 24 heavy (non-hydrogen) atoms. The van der Waals surface area contributed by atoms with Gasteiger partial charge in [-0.1, -0.05) is 42.1 Å². The van der Waals surface area contributed by atoms with Crippen molar-refractivity contribution in [2.24, 2.45) is 0 Å². The highest BCUT2D eigenvalue weighted by Gasteiger charge is 2.18. The Bertz CT molecular complexity index is 1110. The Morgan fingerprint density at radius 3 is 2.67 bits per heavy atom. The van der Waals surface area contributed by atoms with E-state index in [2.05, 4.69) is 4.98 Å². The van der Waals surface area contributed by atoms with Gasteiger partial charge in [0.1, 0.15) is 16.8 Å². The first kappa shape index (κ1) is 14.8. The van der Waals surface area contributed by atoms with Crippen molar-refractivity contribution in [2.75, 3.05) is 13.4 Å². The summed E-state index contributed by atoms with van der Waals surface area (Å²) in [5, 5.41) is 1.58. The van der Waals surface area contributed by atoms with Gasteiger partial charge in [0.15, 0.2) is 5.16 Å². The maximum Gasteiger partial charge on any atom is 0.283 e. The molecule has 0 bridgehead atoms. The first-order valence-electron chi connectivity index (χ1n) is 7.45. The topological polar surface area (TPSA) is 59.9 Å². The van der Waals surface area contributed by atoms with Crippen molar-refractivity contribution in [3.05, 3.63) is 58.9 Å². The lowest BCUT2D eigenvalue weighted by molar-refractivity contribution is 0.411. The second-order valence-electron chi connectivity index (χ2n) is 5.31. The van der Waals surface area contributed by atoms with Gasteiger partial charge < -0.3 is 9.72 Å². The Hall–Kier alpha value is -2.73. The zero-order chi connectivity index (χ0) is 16.7. The van der Waals surface area contributed by atoms with E-state index in [1.165, 1.54) is 11.8 Å². The second-order valence-corrected chi connectivity index (χ2v) is 6.08. The molecule has 4 rings (SSSR count). The van der Waals surface area contributed by atoms with Crippen molar-refractivity contribution in [3.8, 4) is 11.4 Å². The normalized spacial score (nSPS) is 11.2. The molecule has 0 amide bonds. The van der Waals surface area contributed by atoms with Crippen molar-refractivity contribution < 1.29 is 4.74 Å². The predicted octanol–water partition coefficient (Wildman–Crippen LogP) is 3.60. The number of hydrogen-bond acceptors (Lipinski definition) is 4. The van der Waals surface area contributed by atoms with Crippen LogP contribution >= 0.6 is 11.8 Å². The number of methoxy groups -OCH3 is 1. The van der Waals surface area contributed by atoms with Crippen LogP contribution < -0.4 is 10.3 Å². The van der Waals surface area contributed by atoms with Gasteiger partial charge in [-0.15, -0.1) is 0 Å². The summed E-state index contributed by atoms with van der Waals surface area (Å²) in [5.41, 5.74) is 2.65. The molecule has 0 aliphatic carbocycles. The van der Waals surface area contributed by atoms with Crippen LogP contribution in [0.5, 0.6) is 5.75 Å². The van der Waals surface area contributed by atoms with E-state index in [0.29, 0.717) is 27.6 Å². The number of aromatic amines is 1. The van der Waals surface area contributed by atoms with Gasteiger partial charge in [0.2, 0.25) is 0 Å². The van der Waals surface area contributed by atoms with Crippen LogP contribution in [0.1, 0.15) is 0 Å². The number of ether oxygens (including phenoxy) is 1. The van der Waals surface area contributed by atoms with Crippen LogP contribution in [0.15, 0.2) is 58.5 Å². The Kier molecular flexibility index (Phi) is 3.54. The molecule has 4 aromatic rings. The first-order valence-corrected chi connectivity index (χ1v) is 8.68. The summed E-state index contributed by atoms with van der Waals surface area (Å²) in [5.74, 6) is 0.632. The van der Waals surface area contributed by atoms with Crippen molar-refractivity contribution in [1.82, 2.24) is 14.5 Å².